The summed E-state index contributed by atoms with van der Waals surface area (Å²) in [5.74, 6) is -4.46. The van der Waals surface area contributed by atoms with Crippen LogP contribution in [-0.2, 0) is 119 Å². The Hall–Kier alpha value is -7.24. The monoisotopic (exact) mass is 1850 g/mol. The van der Waals surface area contributed by atoms with E-state index in [1.807, 2.05) is 0 Å². The molecule has 0 radical (unpaired) electrons. The minimum atomic E-state index is -1.44. The lowest BCUT2D eigenvalue weighted by Gasteiger charge is -2.42. The molecule has 3 fully saturated rings. The van der Waals surface area contributed by atoms with E-state index in [0.717, 1.165) is 25.7 Å². The Morgan fingerprint density at radius 2 is 0.578 bits per heavy atom. The second kappa shape index (κ2) is 71.4. The normalized spacial score (nSPS) is 22.5. The smallest absolute Gasteiger partial charge is 0.245 e. The summed E-state index contributed by atoms with van der Waals surface area (Å²) in [7, 11) is 1.64. The summed E-state index contributed by atoms with van der Waals surface area (Å²) < 4.78 is 71.8. The van der Waals surface area contributed by atoms with Gasteiger partial charge in [0.05, 0.1) is 79.3 Å². The van der Waals surface area contributed by atoms with Crippen LogP contribution in [0, 0.1) is 0 Å². The van der Waals surface area contributed by atoms with Crippen LogP contribution in [0.15, 0.2) is 0 Å². The van der Waals surface area contributed by atoms with Gasteiger partial charge in [0.1, 0.15) is 92.9 Å². The second-order valence-electron chi connectivity index (χ2n) is 31.2. The molecule has 3 saturated heterocycles. The minimum absolute atomic E-state index is 0.0200. The van der Waals surface area contributed by atoms with E-state index in [2.05, 4.69) is 63.8 Å². The van der Waals surface area contributed by atoms with Gasteiger partial charge in [-0.3, -0.25) is 57.5 Å². The van der Waals surface area contributed by atoms with Gasteiger partial charge in [0, 0.05) is 151 Å². The molecule has 46 nitrogen and oxygen atoms in total. The summed E-state index contributed by atoms with van der Waals surface area (Å²) in [6.45, 7) is 4.95. The van der Waals surface area contributed by atoms with Gasteiger partial charge in [-0.15, -0.1) is 0 Å². The van der Waals surface area contributed by atoms with Crippen LogP contribution in [0.3, 0.4) is 0 Å². The van der Waals surface area contributed by atoms with Gasteiger partial charge < -0.3 is 171 Å². The van der Waals surface area contributed by atoms with Crippen LogP contribution in [0.1, 0.15) is 168 Å². The van der Waals surface area contributed by atoms with Crippen molar-refractivity contribution < 1.29 is 165 Å². The van der Waals surface area contributed by atoms with Crippen molar-refractivity contribution in [3.8, 4) is 0 Å². The van der Waals surface area contributed by atoms with Gasteiger partial charge in [-0.25, -0.2) is 0 Å². The molecule has 21 N–H and O–H groups in total. The molecule has 12 amide bonds. The summed E-state index contributed by atoms with van der Waals surface area (Å²) in [6.07, 6.45) is -6.33. The summed E-state index contributed by atoms with van der Waals surface area (Å²) in [5, 5.41) is 123. The lowest BCUT2D eigenvalue weighted by Crippen LogP contribution is -2.64. The number of unbranched alkanes of at least 4 members (excludes halogenated alkanes) is 8. The highest BCUT2D eigenvalue weighted by atomic mass is 16.7. The fraction of sp³-hybridized carbons (Fsp3) is 0.854. The van der Waals surface area contributed by atoms with Crippen LogP contribution >= 0.6 is 0 Å². The Morgan fingerprint density at radius 3 is 0.922 bits per heavy atom. The highest BCUT2D eigenvalue weighted by molar-refractivity contribution is 5.82. The predicted molar refractivity (Wildman–Crippen MR) is 452 cm³/mol. The van der Waals surface area contributed by atoms with Crippen molar-refractivity contribution in [3.05, 3.63) is 0 Å². The number of methoxy groups -OCH3 is 1. The first-order chi connectivity index (χ1) is 61.6. The first kappa shape index (κ1) is 115. The summed E-state index contributed by atoms with van der Waals surface area (Å²) in [4.78, 5) is 151. The third-order valence-electron chi connectivity index (χ3n) is 20.2. The van der Waals surface area contributed by atoms with E-state index in [4.69, 9.17) is 61.6 Å². The van der Waals surface area contributed by atoms with Crippen molar-refractivity contribution in [2.24, 2.45) is 0 Å². The van der Waals surface area contributed by atoms with Crippen molar-refractivity contribution >= 4 is 70.9 Å². The molecule has 0 aliphatic carbocycles. The molecule has 0 spiro atoms. The lowest BCUT2D eigenvalue weighted by molar-refractivity contribution is -0.270. The largest absolute Gasteiger partial charge is 0.394 e. The average Bonchev–Trinajstić information content (AvgIpc) is 0.818. The SMILES string of the molecule is COCCCCCCNC(=O)C[C@H](CCCCNC(=O)COCCOCCNC(=O)CCCCO[C@@H]1OC(CO)[C@@H](O)[C@H](O)C1NC(C)=O)NC(=O)C[C@H](CCCCNC(=O)COCCOCCNC(=O)CCCCO[C@@H]1OC(CO)[C@@H](O)[C@H](O)C1NC(C)=O)NC(=O)CCCNC(=O)COCCOCCNC(=O)CCCCO[C@@H]1OC(CO)[C@@H](O)[C@H](O)C1NC(C)=O. The molecule has 0 bridgehead atoms. The molecule has 128 heavy (non-hydrogen) atoms. The topological polar surface area (TPSA) is 651 Å². The molecule has 0 saturated carbocycles. The molecule has 6 unspecified atom stereocenters. The zero-order chi connectivity index (χ0) is 94.1. The van der Waals surface area contributed by atoms with E-state index in [-0.39, 0.29) is 213 Å². The quantitative estimate of drug-likeness (QED) is 0.0252. The number of aliphatic hydroxyl groups excluding tert-OH is 9. The van der Waals surface area contributed by atoms with Gasteiger partial charge in [-0.2, -0.15) is 0 Å². The van der Waals surface area contributed by atoms with E-state index in [0.29, 0.717) is 90.2 Å². The van der Waals surface area contributed by atoms with Gasteiger partial charge in [0.25, 0.3) is 0 Å². The van der Waals surface area contributed by atoms with Crippen molar-refractivity contribution in [3.63, 3.8) is 0 Å². The van der Waals surface area contributed by atoms with Crippen LogP contribution in [-0.4, -0.2) is 399 Å². The third kappa shape index (κ3) is 53.3. The van der Waals surface area contributed by atoms with Crippen LogP contribution in [0.5, 0.6) is 0 Å². The Balaban J connectivity index is 1.43. The van der Waals surface area contributed by atoms with Gasteiger partial charge in [0.2, 0.25) is 70.9 Å². The molecule has 740 valence electrons. The van der Waals surface area contributed by atoms with Crippen LogP contribution in [0.25, 0.3) is 0 Å². The zero-order valence-electron chi connectivity index (χ0n) is 74.7. The molecule has 0 aromatic rings. The zero-order valence-corrected chi connectivity index (χ0v) is 74.7. The Morgan fingerprint density at radius 1 is 0.289 bits per heavy atom. The van der Waals surface area contributed by atoms with Gasteiger partial charge >= 0.3 is 0 Å². The van der Waals surface area contributed by atoms with E-state index in [9.17, 15) is 103 Å². The molecule has 0 aromatic heterocycles. The van der Waals surface area contributed by atoms with Gasteiger partial charge in [-0.1, -0.05) is 12.8 Å². The van der Waals surface area contributed by atoms with Gasteiger partial charge in [0.15, 0.2) is 18.9 Å². The number of nitrogens with one attached hydrogen (secondary N) is 12. The van der Waals surface area contributed by atoms with E-state index >= 15 is 0 Å². The number of carbonyl (C=O) groups excluding carboxylic acids is 12. The molecule has 3 rings (SSSR count). The van der Waals surface area contributed by atoms with Crippen molar-refractivity contribution in [1.82, 2.24) is 63.8 Å². The number of hydrogen-bond acceptors (Lipinski definition) is 34. The maximum atomic E-state index is 14.0. The fourth-order valence-corrected chi connectivity index (χ4v) is 13.4. The predicted octanol–water partition coefficient (Wildman–Crippen LogP) is -6.63. The fourth-order valence-electron chi connectivity index (χ4n) is 13.4. The standard InChI is InChI=1S/C82H148N12O34/c1-54(98)90-71-77(113)74(110)59(48-95)126-80(71)123-34-16-9-22-62(101)87-30-37-117-40-43-120-51-68(107)84-27-13-7-20-57(46-66(105)83-26-12-5-6-15-33-116-4)94-67(106)47-58(21-8-14-28-85-69(108)52-121-44-41-118-38-31-88-63(102)23-10-17-35-124-81-72(91-55(2)99)78(114)75(111)60(49-96)127-81)93-65(104)25-19-29-86-70(109)53-122-45-42-119-39-32-89-64(103)24-11-18-36-125-82-73(92-56(3)100)79(115)76(112)61(50-97)128-82/h57-61,71-82,95-97,110-115H,5-53H2,1-4H3,(H,83,105)(H,84,107)(H,85,108)(H,86,109)(H,87,101)(H,88,102)(H,89,103)(H,90,98)(H,91,99)(H,92,100)(H,93,104)(H,94,106)/t57-,58-,59?,60?,61?,71?,72?,73?,74+,75+,76+,77+,78+,79+,80+,81+,82+/m0/s1. The van der Waals surface area contributed by atoms with Crippen molar-refractivity contribution in [1.29, 1.82) is 0 Å². The Labute approximate surface area is 747 Å². The first-order valence-corrected chi connectivity index (χ1v) is 44.6. The number of rotatable bonds is 75. The van der Waals surface area contributed by atoms with E-state index < -0.39 is 165 Å². The average molecular weight is 1850 g/mol. The molecular weight excluding hydrogens is 1700 g/mol. The van der Waals surface area contributed by atoms with Crippen LogP contribution < -0.4 is 63.8 Å². The Bertz CT molecular complexity index is 3110. The lowest BCUT2D eigenvalue weighted by atomic mass is 9.97. The molecule has 3 heterocycles. The number of aliphatic hydroxyl groups is 9. The first-order valence-electron chi connectivity index (χ1n) is 44.6. The third-order valence-corrected chi connectivity index (χ3v) is 20.2. The molecule has 3 aliphatic rings. The number of amides is 12. The van der Waals surface area contributed by atoms with E-state index in [1.54, 1.807) is 7.11 Å². The summed E-state index contributed by atoms with van der Waals surface area (Å²) >= 11 is 0. The molecule has 0 aromatic carbocycles. The minimum Gasteiger partial charge on any atom is -0.394 e. The van der Waals surface area contributed by atoms with E-state index in [1.165, 1.54) is 20.8 Å². The maximum Gasteiger partial charge on any atom is 0.245 e. The second-order valence-corrected chi connectivity index (χ2v) is 31.2. The number of carbonyl (C=O) groups is 12. The molecule has 46 heteroatoms. The number of hydrogen-bond donors (Lipinski definition) is 21. The van der Waals surface area contributed by atoms with Crippen LogP contribution in [0.2, 0.25) is 0 Å². The van der Waals surface area contributed by atoms with Crippen LogP contribution in [0.4, 0.5) is 0 Å². The molecule has 17 atom stereocenters. The highest BCUT2D eigenvalue weighted by Crippen LogP contribution is 2.26. The number of ether oxygens (including phenoxy) is 13. The maximum absolute atomic E-state index is 14.0. The van der Waals surface area contributed by atoms with Crippen molar-refractivity contribution in [2.75, 3.05) is 178 Å². The Kier molecular flexibility index (Phi) is 64.1. The van der Waals surface area contributed by atoms with Crippen molar-refractivity contribution in [2.45, 2.75) is 272 Å². The van der Waals surface area contributed by atoms with Gasteiger partial charge in [-0.05, 0) is 96.3 Å². The summed E-state index contributed by atoms with van der Waals surface area (Å²) in [6, 6.07) is -4.53. The molecule has 3 aliphatic heterocycles. The summed E-state index contributed by atoms with van der Waals surface area (Å²) in [5.41, 5.74) is 0. The molecular formula is C82H148N12O34. The highest BCUT2D eigenvalue weighted by Gasteiger charge is 2.48.